The van der Waals surface area contributed by atoms with Gasteiger partial charge in [-0.25, -0.2) is 9.97 Å². The summed E-state index contributed by atoms with van der Waals surface area (Å²) in [6, 6.07) is 9.81. The smallest absolute Gasteiger partial charge is 0.142 e. The molecule has 0 bridgehead atoms. The molecule has 0 aliphatic carbocycles. The highest BCUT2D eigenvalue weighted by molar-refractivity contribution is 5.56. The first-order chi connectivity index (χ1) is 8.79. The van der Waals surface area contributed by atoms with Gasteiger partial charge in [0, 0.05) is 6.20 Å². The first-order valence-electron chi connectivity index (χ1n) is 6.04. The highest BCUT2D eigenvalue weighted by Crippen LogP contribution is 2.23. The number of benzene rings is 1. The van der Waals surface area contributed by atoms with Gasteiger partial charge in [-0.1, -0.05) is 12.1 Å². The van der Waals surface area contributed by atoms with E-state index >= 15 is 0 Å². The molecule has 2 rings (SSSR count). The Morgan fingerprint density at radius 2 is 2.06 bits per heavy atom. The van der Waals surface area contributed by atoms with Crippen LogP contribution < -0.4 is 10.1 Å². The zero-order chi connectivity index (χ0) is 12.8. The molecule has 2 aromatic rings. The predicted molar refractivity (Wildman–Crippen MR) is 71.7 cm³/mol. The summed E-state index contributed by atoms with van der Waals surface area (Å²) in [7, 11) is 0. The first-order valence-corrected chi connectivity index (χ1v) is 6.04. The third-order valence-electron chi connectivity index (χ3n) is 2.48. The maximum Gasteiger partial charge on any atom is 0.142 e. The number of para-hydroxylation sites is 2. The van der Waals surface area contributed by atoms with Gasteiger partial charge >= 0.3 is 0 Å². The van der Waals surface area contributed by atoms with Crippen molar-refractivity contribution in [1.29, 1.82) is 0 Å². The molecule has 0 atom stereocenters. The minimum absolute atomic E-state index is 0.658. The number of hydrogen-bond donors (Lipinski definition) is 1. The fraction of sp³-hybridized carbons (Fsp3) is 0.286. The number of hydrogen-bond acceptors (Lipinski definition) is 4. The lowest BCUT2D eigenvalue weighted by Crippen LogP contribution is -2.05. The lowest BCUT2D eigenvalue weighted by Gasteiger charge is -2.11. The van der Waals surface area contributed by atoms with E-state index in [0.29, 0.717) is 13.2 Å². The van der Waals surface area contributed by atoms with Crippen LogP contribution >= 0.6 is 0 Å². The van der Waals surface area contributed by atoms with E-state index in [4.69, 9.17) is 4.74 Å². The van der Waals surface area contributed by atoms with E-state index in [0.717, 1.165) is 23.0 Å². The highest BCUT2D eigenvalue weighted by Gasteiger charge is 2.02. The van der Waals surface area contributed by atoms with E-state index in [2.05, 4.69) is 15.3 Å². The van der Waals surface area contributed by atoms with E-state index < -0.39 is 0 Å². The molecule has 4 heteroatoms. The summed E-state index contributed by atoms with van der Waals surface area (Å²) in [5.41, 5.74) is 1.95. The van der Waals surface area contributed by atoms with Gasteiger partial charge in [-0.15, -0.1) is 0 Å². The molecule has 4 nitrogen and oxygen atoms in total. The molecule has 1 aromatic carbocycles. The maximum absolute atomic E-state index is 5.55. The normalized spacial score (nSPS) is 10.1. The summed E-state index contributed by atoms with van der Waals surface area (Å²) in [6.45, 7) is 5.18. The fourth-order valence-corrected chi connectivity index (χ4v) is 1.68. The third-order valence-corrected chi connectivity index (χ3v) is 2.48. The number of nitrogens with one attached hydrogen (secondary N) is 1. The molecule has 0 aliphatic heterocycles. The molecule has 0 unspecified atom stereocenters. The van der Waals surface area contributed by atoms with Gasteiger partial charge in [0.25, 0.3) is 0 Å². The largest absolute Gasteiger partial charge is 0.492 e. The summed E-state index contributed by atoms with van der Waals surface area (Å²) >= 11 is 0. The summed E-state index contributed by atoms with van der Waals surface area (Å²) < 4.78 is 5.55. The van der Waals surface area contributed by atoms with Gasteiger partial charge in [-0.05, 0) is 32.0 Å². The van der Waals surface area contributed by atoms with Crippen LogP contribution in [0.15, 0.2) is 36.5 Å². The van der Waals surface area contributed by atoms with Crippen LogP contribution in [0.4, 0.5) is 5.69 Å². The van der Waals surface area contributed by atoms with Gasteiger partial charge in [-0.2, -0.15) is 0 Å². The Morgan fingerprint density at radius 3 is 2.83 bits per heavy atom. The van der Waals surface area contributed by atoms with Crippen molar-refractivity contribution >= 4 is 5.69 Å². The Morgan fingerprint density at radius 1 is 1.22 bits per heavy atom. The molecular formula is C14H17N3O. The lowest BCUT2D eigenvalue weighted by atomic mass is 10.3. The average Bonchev–Trinajstić information content (AvgIpc) is 2.38. The Balaban J connectivity index is 2.06. The number of aryl methyl sites for hydroxylation is 1. The molecule has 18 heavy (non-hydrogen) atoms. The minimum Gasteiger partial charge on any atom is -0.492 e. The van der Waals surface area contributed by atoms with Gasteiger partial charge in [0.15, 0.2) is 0 Å². The minimum atomic E-state index is 0.658. The van der Waals surface area contributed by atoms with E-state index in [1.54, 1.807) is 6.20 Å². The van der Waals surface area contributed by atoms with Crippen LogP contribution in [-0.2, 0) is 6.54 Å². The summed E-state index contributed by atoms with van der Waals surface area (Å²) in [5, 5.41) is 3.33. The molecule has 0 radical (unpaired) electrons. The predicted octanol–water partition coefficient (Wildman–Crippen LogP) is 2.80. The van der Waals surface area contributed by atoms with Crippen molar-refractivity contribution in [2.75, 3.05) is 11.9 Å². The van der Waals surface area contributed by atoms with Gasteiger partial charge < -0.3 is 10.1 Å². The van der Waals surface area contributed by atoms with E-state index in [1.807, 2.05) is 44.2 Å². The van der Waals surface area contributed by atoms with Crippen LogP contribution in [0.25, 0.3) is 0 Å². The molecule has 0 saturated carbocycles. The maximum atomic E-state index is 5.55. The zero-order valence-electron chi connectivity index (χ0n) is 10.7. The summed E-state index contributed by atoms with van der Waals surface area (Å²) in [6.07, 6.45) is 1.77. The van der Waals surface area contributed by atoms with Crippen molar-refractivity contribution in [3.8, 4) is 5.75 Å². The highest BCUT2D eigenvalue weighted by atomic mass is 16.5. The molecule has 94 valence electrons. The van der Waals surface area contributed by atoms with Gasteiger partial charge in [0.2, 0.25) is 0 Å². The van der Waals surface area contributed by atoms with Crippen LogP contribution in [-0.4, -0.2) is 16.6 Å². The van der Waals surface area contributed by atoms with Crippen molar-refractivity contribution in [3.05, 3.63) is 48.0 Å². The number of rotatable bonds is 5. The molecule has 0 saturated heterocycles. The molecular weight excluding hydrogens is 226 g/mol. The van der Waals surface area contributed by atoms with Crippen molar-refractivity contribution in [1.82, 2.24) is 9.97 Å². The second kappa shape index (κ2) is 6.00. The van der Waals surface area contributed by atoms with E-state index in [9.17, 15) is 0 Å². The molecule has 0 aliphatic rings. The number of aromatic nitrogens is 2. The standard InChI is InChI=1S/C14H17N3O/c1-3-18-14-7-5-4-6-13(14)16-10-12-8-9-15-11(2)17-12/h4-9,16H,3,10H2,1-2H3. The van der Waals surface area contributed by atoms with Crippen LogP contribution in [0.2, 0.25) is 0 Å². The third kappa shape index (κ3) is 3.20. The van der Waals surface area contributed by atoms with E-state index in [-0.39, 0.29) is 0 Å². The Kier molecular flexibility index (Phi) is 4.12. The lowest BCUT2D eigenvalue weighted by molar-refractivity contribution is 0.341. The van der Waals surface area contributed by atoms with Crippen molar-refractivity contribution in [2.45, 2.75) is 20.4 Å². The molecule has 0 fully saturated rings. The van der Waals surface area contributed by atoms with Crippen LogP contribution in [0, 0.1) is 6.92 Å². The quantitative estimate of drug-likeness (QED) is 0.877. The van der Waals surface area contributed by atoms with Crippen LogP contribution in [0.5, 0.6) is 5.75 Å². The Labute approximate surface area is 107 Å². The average molecular weight is 243 g/mol. The van der Waals surface area contributed by atoms with Crippen LogP contribution in [0.1, 0.15) is 18.4 Å². The molecule has 1 aromatic heterocycles. The molecule has 0 amide bonds. The van der Waals surface area contributed by atoms with Crippen molar-refractivity contribution in [2.24, 2.45) is 0 Å². The number of ether oxygens (including phenoxy) is 1. The molecule has 1 N–H and O–H groups in total. The van der Waals surface area contributed by atoms with Crippen LogP contribution in [0.3, 0.4) is 0 Å². The number of nitrogens with zero attached hydrogens (tertiary/aromatic N) is 2. The summed E-state index contributed by atoms with van der Waals surface area (Å²) in [5.74, 6) is 1.65. The zero-order valence-corrected chi connectivity index (χ0v) is 10.7. The molecule has 0 spiro atoms. The first kappa shape index (κ1) is 12.4. The fourth-order valence-electron chi connectivity index (χ4n) is 1.68. The SMILES string of the molecule is CCOc1ccccc1NCc1ccnc(C)n1. The second-order valence-corrected chi connectivity index (χ2v) is 3.88. The monoisotopic (exact) mass is 243 g/mol. The van der Waals surface area contributed by atoms with Crippen molar-refractivity contribution in [3.63, 3.8) is 0 Å². The Bertz CT molecular complexity index is 514. The summed E-state index contributed by atoms with van der Waals surface area (Å²) in [4.78, 5) is 8.43. The van der Waals surface area contributed by atoms with E-state index in [1.165, 1.54) is 0 Å². The topological polar surface area (TPSA) is 47.0 Å². The van der Waals surface area contributed by atoms with Gasteiger partial charge in [0.1, 0.15) is 11.6 Å². The van der Waals surface area contributed by atoms with Gasteiger partial charge in [-0.3, -0.25) is 0 Å². The van der Waals surface area contributed by atoms with Gasteiger partial charge in [0.05, 0.1) is 24.5 Å². The Hall–Kier alpha value is -2.10. The second-order valence-electron chi connectivity index (χ2n) is 3.88. The van der Waals surface area contributed by atoms with Crippen molar-refractivity contribution < 1.29 is 4.74 Å². The number of anilines is 1. The molecule has 1 heterocycles.